The molecular formula is C15H24N2O3. The summed E-state index contributed by atoms with van der Waals surface area (Å²) >= 11 is 0. The zero-order chi connectivity index (χ0) is 14.2. The normalized spacial score (nSPS) is 31.3. The minimum Gasteiger partial charge on any atom is -0.481 e. The molecule has 1 saturated heterocycles. The van der Waals surface area contributed by atoms with E-state index in [0.29, 0.717) is 11.8 Å². The Kier molecular flexibility index (Phi) is 3.61. The van der Waals surface area contributed by atoms with Crippen molar-refractivity contribution >= 4 is 12.0 Å². The third kappa shape index (κ3) is 2.63. The molecule has 2 saturated carbocycles. The lowest BCUT2D eigenvalue weighted by atomic mass is 9.93. The van der Waals surface area contributed by atoms with E-state index >= 15 is 0 Å². The van der Waals surface area contributed by atoms with Gasteiger partial charge in [-0.25, -0.2) is 4.79 Å². The molecule has 0 aromatic rings. The fraction of sp³-hybridized carbons (Fsp3) is 0.867. The number of aliphatic carboxylic acids is 1. The smallest absolute Gasteiger partial charge is 0.317 e. The van der Waals surface area contributed by atoms with Crippen molar-refractivity contribution in [2.24, 2.45) is 11.8 Å². The minimum atomic E-state index is -0.814. The van der Waals surface area contributed by atoms with Crippen LogP contribution in [0.4, 0.5) is 4.79 Å². The standard InChI is InChI=1S/C15H24N2O3/c18-13(19)8-15(6-1-2-7-15)16-14(20)17-9-11-4-3-5-12(11)10-17/h11-12H,1-10H2,(H,16,20)(H,18,19). The predicted octanol–water partition coefficient (Wildman–Crippen LogP) is 2.22. The highest BCUT2D eigenvalue weighted by Crippen LogP contribution is 2.38. The number of nitrogens with one attached hydrogen (secondary N) is 1. The third-order valence-electron chi connectivity index (χ3n) is 5.44. The maximum Gasteiger partial charge on any atom is 0.317 e. The highest BCUT2D eigenvalue weighted by atomic mass is 16.4. The molecule has 2 amide bonds. The zero-order valence-corrected chi connectivity index (χ0v) is 11.9. The number of urea groups is 1. The van der Waals surface area contributed by atoms with Crippen LogP contribution in [0.5, 0.6) is 0 Å². The highest BCUT2D eigenvalue weighted by molar-refractivity contribution is 5.77. The quantitative estimate of drug-likeness (QED) is 0.832. The molecule has 5 heteroatoms. The van der Waals surface area contributed by atoms with Gasteiger partial charge >= 0.3 is 12.0 Å². The largest absolute Gasteiger partial charge is 0.481 e. The molecule has 0 aromatic carbocycles. The van der Waals surface area contributed by atoms with E-state index in [1.165, 1.54) is 19.3 Å². The topological polar surface area (TPSA) is 69.6 Å². The van der Waals surface area contributed by atoms with E-state index in [0.717, 1.165) is 38.8 Å². The summed E-state index contributed by atoms with van der Waals surface area (Å²) in [6.07, 6.45) is 7.46. The summed E-state index contributed by atoms with van der Waals surface area (Å²) in [5, 5.41) is 12.1. The van der Waals surface area contributed by atoms with E-state index in [9.17, 15) is 9.59 Å². The molecule has 5 nitrogen and oxygen atoms in total. The molecule has 1 aliphatic heterocycles. The van der Waals surface area contributed by atoms with Gasteiger partial charge in [0.15, 0.2) is 0 Å². The van der Waals surface area contributed by atoms with E-state index in [4.69, 9.17) is 5.11 Å². The molecule has 3 aliphatic rings. The van der Waals surface area contributed by atoms with Gasteiger partial charge in [0, 0.05) is 13.1 Å². The number of amides is 2. The van der Waals surface area contributed by atoms with Crippen molar-refractivity contribution in [1.82, 2.24) is 10.2 Å². The fourth-order valence-electron chi connectivity index (χ4n) is 4.39. The summed E-state index contributed by atoms with van der Waals surface area (Å²) in [6.45, 7) is 1.72. The second-order valence-corrected chi connectivity index (χ2v) is 6.84. The Morgan fingerprint density at radius 1 is 1.10 bits per heavy atom. The van der Waals surface area contributed by atoms with Crippen molar-refractivity contribution in [3.63, 3.8) is 0 Å². The third-order valence-corrected chi connectivity index (χ3v) is 5.44. The van der Waals surface area contributed by atoms with E-state index in [1.54, 1.807) is 0 Å². The number of hydrogen-bond acceptors (Lipinski definition) is 2. The lowest BCUT2D eigenvalue weighted by Gasteiger charge is -2.31. The van der Waals surface area contributed by atoms with Crippen LogP contribution in [-0.4, -0.2) is 40.6 Å². The number of carboxylic acid groups (broad SMARTS) is 1. The summed E-state index contributed by atoms with van der Waals surface area (Å²) in [7, 11) is 0. The van der Waals surface area contributed by atoms with Gasteiger partial charge in [0.2, 0.25) is 0 Å². The molecule has 20 heavy (non-hydrogen) atoms. The van der Waals surface area contributed by atoms with Gasteiger partial charge in [-0.15, -0.1) is 0 Å². The summed E-state index contributed by atoms with van der Waals surface area (Å²) in [5.41, 5.74) is -0.499. The number of likely N-dealkylation sites (tertiary alicyclic amines) is 1. The molecule has 3 rings (SSSR count). The van der Waals surface area contributed by atoms with Gasteiger partial charge in [0.25, 0.3) is 0 Å². The van der Waals surface area contributed by atoms with Crippen LogP contribution < -0.4 is 5.32 Å². The lowest BCUT2D eigenvalue weighted by Crippen LogP contribution is -2.52. The van der Waals surface area contributed by atoms with Crippen molar-refractivity contribution in [3.8, 4) is 0 Å². The van der Waals surface area contributed by atoms with Crippen LogP contribution >= 0.6 is 0 Å². The first-order valence-corrected chi connectivity index (χ1v) is 7.87. The van der Waals surface area contributed by atoms with Gasteiger partial charge in [-0.2, -0.15) is 0 Å². The van der Waals surface area contributed by atoms with Crippen LogP contribution in [0.25, 0.3) is 0 Å². The Balaban J connectivity index is 1.61. The number of fused-ring (bicyclic) bond motifs is 1. The summed E-state index contributed by atoms with van der Waals surface area (Å²) < 4.78 is 0. The Morgan fingerprint density at radius 3 is 2.25 bits per heavy atom. The molecule has 2 N–H and O–H groups in total. The summed E-state index contributed by atoms with van der Waals surface area (Å²) in [5.74, 6) is 0.546. The van der Waals surface area contributed by atoms with Crippen molar-refractivity contribution < 1.29 is 14.7 Å². The van der Waals surface area contributed by atoms with Crippen molar-refractivity contribution in [1.29, 1.82) is 0 Å². The van der Waals surface area contributed by atoms with Crippen molar-refractivity contribution in [2.75, 3.05) is 13.1 Å². The Bertz CT molecular complexity index is 392. The molecule has 2 aliphatic carbocycles. The fourth-order valence-corrected chi connectivity index (χ4v) is 4.39. The van der Waals surface area contributed by atoms with E-state index in [2.05, 4.69) is 5.32 Å². The molecule has 2 unspecified atom stereocenters. The number of carboxylic acids is 1. The summed E-state index contributed by atoms with van der Waals surface area (Å²) in [6, 6.07) is -0.0393. The molecule has 0 aromatic heterocycles. The molecule has 3 fully saturated rings. The van der Waals surface area contributed by atoms with E-state index in [-0.39, 0.29) is 12.5 Å². The monoisotopic (exact) mass is 280 g/mol. The molecule has 0 spiro atoms. The van der Waals surface area contributed by atoms with Crippen molar-refractivity contribution in [2.45, 2.75) is 56.9 Å². The van der Waals surface area contributed by atoms with Crippen LogP contribution in [0.15, 0.2) is 0 Å². The second kappa shape index (κ2) is 5.26. The lowest BCUT2D eigenvalue weighted by molar-refractivity contribution is -0.138. The average molecular weight is 280 g/mol. The number of nitrogens with zero attached hydrogens (tertiary/aromatic N) is 1. The first kappa shape index (κ1) is 13.7. The first-order chi connectivity index (χ1) is 9.58. The Labute approximate surface area is 119 Å². The van der Waals surface area contributed by atoms with Crippen LogP contribution in [0.3, 0.4) is 0 Å². The van der Waals surface area contributed by atoms with Crippen LogP contribution in [0.2, 0.25) is 0 Å². The Morgan fingerprint density at radius 2 is 1.70 bits per heavy atom. The van der Waals surface area contributed by atoms with E-state index in [1.807, 2.05) is 4.90 Å². The summed E-state index contributed by atoms with van der Waals surface area (Å²) in [4.78, 5) is 25.4. The molecule has 0 bridgehead atoms. The number of carbonyl (C=O) groups is 2. The van der Waals surface area contributed by atoms with Crippen LogP contribution in [0.1, 0.15) is 51.4 Å². The molecule has 1 heterocycles. The SMILES string of the molecule is O=C(O)CC1(NC(=O)N2CC3CCCC3C2)CCCC1. The minimum absolute atomic E-state index is 0.0393. The van der Waals surface area contributed by atoms with Gasteiger partial charge in [0.1, 0.15) is 0 Å². The van der Waals surface area contributed by atoms with Gasteiger partial charge in [-0.05, 0) is 37.5 Å². The first-order valence-electron chi connectivity index (χ1n) is 7.87. The number of hydrogen-bond donors (Lipinski definition) is 2. The maximum atomic E-state index is 12.4. The van der Waals surface area contributed by atoms with Crippen LogP contribution in [-0.2, 0) is 4.79 Å². The molecular weight excluding hydrogens is 256 g/mol. The van der Waals surface area contributed by atoms with Crippen LogP contribution in [0, 0.1) is 11.8 Å². The van der Waals surface area contributed by atoms with Gasteiger partial charge < -0.3 is 15.3 Å². The van der Waals surface area contributed by atoms with Gasteiger partial charge in [-0.3, -0.25) is 4.79 Å². The average Bonchev–Trinajstić information content (AvgIpc) is 3.01. The molecule has 112 valence electrons. The number of carbonyl (C=O) groups excluding carboxylic acids is 1. The van der Waals surface area contributed by atoms with E-state index < -0.39 is 11.5 Å². The molecule has 0 radical (unpaired) electrons. The van der Waals surface area contributed by atoms with Crippen molar-refractivity contribution in [3.05, 3.63) is 0 Å². The number of rotatable bonds is 3. The van der Waals surface area contributed by atoms with Gasteiger partial charge in [0.05, 0.1) is 12.0 Å². The van der Waals surface area contributed by atoms with Gasteiger partial charge in [-0.1, -0.05) is 19.3 Å². The zero-order valence-electron chi connectivity index (χ0n) is 11.9. The Hall–Kier alpha value is -1.26. The predicted molar refractivity (Wildman–Crippen MR) is 74.4 cm³/mol. The highest BCUT2D eigenvalue weighted by Gasteiger charge is 2.42. The maximum absolute atomic E-state index is 12.4. The molecule has 2 atom stereocenters. The second-order valence-electron chi connectivity index (χ2n) is 6.84.